The van der Waals surface area contributed by atoms with E-state index in [1.165, 1.54) is 5.52 Å². The number of aryl methyl sites for hydroxylation is 1. The lowest BCUT2D eigenvalue weighted by Crippen LogP contribution is -2.29. The van der Waals surface area contributed by atoms with Gasteiger partial charge in [-0.25, -0.2) is 0 Å². The highest BCUT2D eigenvalue weighted by Crippen LogP contribution is 2.31. The Kier molecular flexibility index (Phi) is 4.74. The van der Waals surface area contributed by atoms with Crippen LogP contribution in [0.2, 0.25) is 0 Å². The van der Waals surface area contributed by atoms with Crippen molar-refractivity contribution >= 4 is 39.4 Å². The van der Waals surface area contributed by atoms with Crippen molar-refractivity contribution in [2.45, 2.75) is 39.8 Å². The van der Waals surface area contributed by atoms with Crippen LogP contribution in [0.25, 0.3) is 21.8 Å². The quantitative estimate of drug-likeness (QED) is 0.713. The SMILES string of the molecule is CCC(=O)OC(C)C(=O)Nc1ccc2c(c1)c1ccccc1n2CC. The number of hydrogen-bond donors (Lipinski definition) is 1. The summed E-state index contributed by atoms with van der Waals surface area (Å²) in [6.07, 6.45) is -0.569. The number of fused-ring (bicyclic) bond motifs is 3. The van der Waals surface area contributed by atoms with E-state index in [1.54, 1.807) is 13.8 Å². The molecule has 25 heavy (non-hydrogen) atoms. The number of carbonyl (C=O) groups excluding carboxylic acids is 2. The van der Waals surface area contributed by atoms with Crippen LogP contribution in [-0.2, 0) is 20.9 Å². The molecule has 130 valence electrons. The van der Waals surface area contributed by atoms with E-state index in [2.05, 4.69) is 28.9 Å². The van der Waals surface area contributed by atoms with E-state index in [9.17, 15) is 9.59 Å². The molecule has 2 aromatic carbocycles. The second-order valence-corrected chi connectivity index (χ2v) is 5.97. The summed E-state index contributed by atoms with van der Waals surface area (Å²) >= 11 is 0. The Labute approximate surface area is 146 Å². The minimum atomic E-state index is -0.819. The Balaban J connectivity index is 1.92. The summed E-state index contributed by atoms with van der Waals surface area (Å²) in [5.74, 6) is -0.718. The van der Waals surface area contributed by atoms with Crippen LogP contribution in [0.15, 0.2) is 42.5 Å². The largest absolute Gasteiger partial charge is 0.453 e. The summed E-state index contributed by atoms with van der Waals surface area (Å²) in [5.41, 5.74) is 3.00. The number of esters is 1. The number of para-hydroxylation sites is 1. The minimum Gasteiger partial charge on any atom is -0.453 e. The van der Waals surface area contributed by atoms with E-state index < -0.39 is 6.10 Å². The molecule has 0 saturated carbocycles. The fraction of sp³-hybridized carbons (Fsp3) is 0.300. The highest BCUT2D eigenvalue weighted by molar-refractivity contribution is 6.10. The Bertz CT molecular complexity index is 943. The lowest BCUT2D eigenvalue weighted by molar-refractivity contribution is -0.152. The number of amides is 1. The average Bonchev–Trinajstić information content (AvgIpc) is 2.94. The molecule has 0 spiro atoms. The number of nitrogens with one attached hydrogen (secondary N) is 1. The third kappa shape index (κ3) is 3.22. The molecule has 1 amide bonds. The fourth-order valence-corrected chi connectivity index (χ4v) is 3.05. The van der Waals surface area contributed by atoms with Crippen molar-refractivity contribution in [3.8, 4) is 0 Å². The van der Waals surface area contributed by atoms with Gasteiger partial charge in [-0.2, -0.15) is 0 Å². The molecule has 0 bridgehead atoms. The Morgan fingerprint density at radius 1 is 1.08 bits per heavy atom. The zero-order valence-corrected chi connectivity index (χ0v) is 14.7. The smallest absolute Gasteiger partial charge is 0.306 e. The summed E-state index contributed by atoms with van der Waals surface area (Å²) in [7, 11) is 0. The van der Waals surface area contributed by atoms with E-state index >= 15 is 0 Å². The van der Waals surface area contributed by atoms with Crippen LogP contribution >= 0.6 is 0 Å². The predicted octanol–water partition coefficient (Wildman–Crippen LogP) is 4.09. The number of nitrogens with zero attached hydrogens (tertiary/aromatic N) is 1. The molecular formula is C20H22N2O3. The minimum absolute atomic E-state index is 0.250. The zero-order valence-electron chi connectivity index (χ0n) is 14.7. The van der Waals surface area contributed by atoms with Crippen molar-refractivity contribution in [2.75, 3.05) is 5.32 Å². The third-order valence-corrected chi connectivity index (χ3v) is 4.32. The van der Waals surface area contributed by atoms with Gasteiger partial charge < -0.3 is 14.6 Å². The maximum atomic E-state index is 12.2. The van der Waals surface area contributed by atoms with Crippen molar-refractivity contribution in [1.82, 2.24) is 4.57 Å². The first kappa shape index (κ1) is 17.0. The lowest BCUT2D eigenvalue weighted by atomic mass is 10.1. The van der Waals surface area contributed by atoms with Gasteiger partial charge in [0.15, 0.2) is 6.10 Å². The van der Waals surface area contributed by atoms with Gasteiger partial charge in [-0.1, -0.05) is 25.1 Å². The average molecular weight is 338 g/mol. The molecule has 1 aromatic heterocycles. The summed E-state index contributed by atoms with van der Waals surface area (Å²) in [6.45, 7) is 6.26. The first-order valence-corrected chi connectivity index (χ1v) is 8.56. The van der Waals surface area contributed by atoms with Crippen molar-refractivity contribution in [2.24, 2.45) is 0 Å². The second-order valence-electron chi connectivity index (χ2n) is 5.97. The van der Waals surface area contributed by atoms with Crippen molar-refractivity contribution < 1.29 is 14.3 Å². The highest BCUT2D eigenvalue weighted by Gasteiger charge is 2.17. The van der Waals surface area contributed by atoms with Crippen LogP contribution in [-0.4, -0.2) is 22.5 Å². The fourth-order valence-electron chi connectivity index (χ4n) is 3.05. The van der Waals surface area contributed by atoms with Crippen LogP contribution in [0, 0.1) is 0 Å². The molecule has 5 heteroatoms. The van der Waals surface area contributed by atoms with Crippen LogP contribution in [0.4, 0.5) is 5.69 Å². The summed E-state index contributed by atoms with van der Waals surface area (Å²) in [4.78, 5) is 23.6. The van der Waals surface area contributed by atoms with E-state index in [0.717, 1.165) is 22.8 Å². The summed E-state index contributed by atoms with van der Waals surface area (Å²) < 4.78 is 7.31. The first-order chi connectivity index (χ1) is 12.0. The molecule has 1 heterocycles. The van der Waals surface area contributed by atoms with Crippen molar-refractivity contribution in [3.05, 3.63) is 42.5 Å². The first-order valence-electron chi connectivity index (χ1n) is 8.56. The zero-order chi connectivity index (χ0) is 18.0. The molecule has 0 radical (unpaired) electrons. The van der Waals surface area contributed by atoms with E-state index in [1.807, 2.05) is 30.3 Å². The molecule has 1 unspecified atom stereocenters. The lowest BCUT2D eigenvalue weighted by Gasteiger charge is -2.13. The number of ether oxygens (including phenoxy) is 1. The van der Waals surface area contributed by atoms with Crippen LogP contribution in [0.5, 0.6) is 0 Å². The molecule has 3 rings (SSSR count). The predicted molar refractivity (Wildman–Crippen MR) is 99.6 cm³/mol. The van der Waals surface area contributed by atoms with E-state index in [-0.39, 0.29) is 18.3 Å². The Morgan fingerprint density at radius 2 is 1.80 bits per heavy atom. The van der Waals surface area contributed by atoms with Gasteiger partial charge >= 0.3 is 5.97 Å². The maximum absolute atomic E-state index is 12.2. The Morgan fingerprint density at radius 3 is 2.52 bits per heavy atom. The van der Waals surface area contributed by atoms with Gasteiger partial charge in [-0.15, -0.1) is 0 Å². The number of anilines is 1. The molecule has 1 atom stereocenters. The molecule has 5 nitrogen and oxygen atoms in total. The normalized spacial score (nSPS) is 12.3. The van der Waals surface area contributed by atoms with Crippen LogP contribution in [0.3, 0.4) is 0 Å². The van der Waals surface area contributed by atoms with Crippen molar-refractivity contribution in [1.29, 1.82) is 0 Å². The molecule has 0 aliphatic rings. The highest BCUT2D eigenvalue weighted by atomic mass is 16.5. The molecule has 1 N–H and O–H groups in total. The number of carbonyl (C=O) groups is 2. The number of aromatic nitrogens is 1. The van der Waals surface area contributed by atoms with Gasteiger partial charge in [0.1, 0.15) is 0 Å². The molecular weight excluding hydrogens is 316 g/mol. The molecule has 0 saturated heterocycles. The number of benzene rings is 2. The molecule has 3 aromatic rings. The van der Waals surface area contributed by atoms with Crippen LogP contribution in [0.1, 0.15) is 27.2 Å². The van der Waals surface area contributed by atoms with Gasteiger partial charge in [-0.05, 0) is 38.1 Å². The third-order valence-electron chi connectivity index (χ3n) is 4.32. The van der Waals surface area contributed by atoms with Gasteiger partial charge in [0.2, 0.25) is 0 Å². The summed E-state index contributed by atoms with van der Waals surface area (Å²) in [5, 5.41) is 5.07. The molecule has 0 aliphatic heterocycles. The van der Waals surface area contributed by atoms with Gasteiger partial charge in [-0.3, -0.25) is 9.59 Å². The van der Waals surface area contributed by atoms with E-state index in [4.69, 9.17) is 4.74 Å². The van der Waals surface area contributed by atoms with Gasteiger partial charge in [0.05, 0.1) is 0 Å². The monoisotopic (exact) mass is 338 g/mol. The van der Waals surface area contributed by atoms with Gasteiger partial charge in [0, 0.05) is 40.5 Å². The van der Waals surface area contributed by atoms with Crippen molar-refractivity contribution in [3.63, 3.8) is 0 Å². The Hall–Kier alpha value is -2.82. The number of rotatable bonds is 5. The van der Waals surface area contributed by atoms with Crippen LogP contribution < -0.4 is 5.32 Å². The number of hydrogen-bond acceptors (Lipinski definition) is 3. The molecule has 0 aliphatic carbocycles. The second kappa shape index (κ2) is 6.97. The molecule has 0 fully saturated rings. The maximum Gasteiger partial charge on any atom is 0.306 e. The topological polar surface area (TPSA) is 60.3 Å². The van der Waals surface area contributed by atoms with E-state index in [0.29, 0.717) is 5.69 Å². The summed E-state index contributed by atoms with van der Waals surface area (Å²) in [6, 6.07) is 14.1. The standard InChI is InChI=1S/C20H22N2O3/c1-4-19(23)25-13(3)20(24)21-14-10-11-18-16(12-14)15-8-6-7-9-17(15)22(18)5-2/h6-13H,4-5H2,1-3H3,(H,21,24). The van der Waals surface area contributed by atoms with Gasteiger partial charge in [0.25, 0.3) is 5.91 Å².